The Morgan fingerprint density at radius 2 is 1.64 bits per heavy atom. The number of aromatic nitrogens is 1. The van der Waals surface area contributed by atoms with Crippen molar-refractivity contribution in [3.8, 4) is 6.07 Å². The smallest absolute Gasteiger partial charge is 0.359 e. The number of hydrogen-bond acceptors (Lipinski definition) is 4. The fraction of sp³-hybridized carbons (Fsp3) is 0.500. The van der Waals surface area contributed by atoms with Crippen LogP contribution in [0.1, 0.15) is 19.4 Å². The van der Waals surface area contributed by atoms with Crippen molar-refractivity contribution in [2.75, 3.05) is 0 Å². The van der Waals surface area contributed by atoms with E-state index >= 15 is 0 Å². The van der Waals surface area contributed by atoms with E-state index in [-0.39, 0.29) is 6.92 Å². The highest BCUT2D eigenvalue weighted by molar-refractivity contribution is 5.24. The van der Waals surface area contributed by atoms with Crippen molar-refractivity contribution in [2.24, 2.45) is 0 Å². The van der Waals surface area contributed by atoms with Crippen LogP contribution < -0.4 is 0 Å². The molecule has 1 aromatic heterocycles. The zero-order chi connectivity index (χ0) is 17.6. The first-order valence-corrected chi connectivity index (χ1v) is 5.65. The fourth-order valence-corrected chi connectivity index (χ4v) is 0.904. The molecule has 1 heterocycles. The second-order valence-electron chi connectivity index (χ2n) is 4.13. The minimum Gasteiger partial charge on any atom is -0.359 e. The van der Waals surface area contributed by atoms with E-state index in [4.69, 9.17) is 10.4 Å². The summed E-state index contributed by atoms with van der Waals surface area (Å²) in [6, 6.07) is 5.32. The lowest BCUT2D eigenvalue weighted by Gasteiger charge is -2.30. The number of aliphatic hydroxyl groups is 1. The maximum Gasteiger partial charge on any atom is 0.442 e. The van der Waals surface area contributed by atoms with Crippen molar-refractivity contribution >= 4 is 0 Å². The third kappa shape index (κ3) is 6.73. The molecule has 0 radical (unpaired) electrons. The second kappa shape index (κ2) is 7.42. The normalized spacial score (nSPS) is 15.8. The maximum atomic E-state index is 11.8. The van der Waals surface area contributed by atoms with Gasteiger partial charge in [0, 0.05) is 12.4 Å². The Labute approximate surface area is 122 Å². The number of hydrogen-bond donors (Lipinski definition) is 1. The molecule has 0 fully saturated rings. The summed E-state index contributed by atoms with van der Waals surface area (Å²) in [5, 5.41) is 16.8. The zero-order valence-electron chi connectivity index (χ0n) is 11.4. The first-order chi connectivity index (χ1) is 9.81. The van der Waals surface area contributed by atoms with Crippen LogP contribution >= 0.6 is 0 Å². The van der Waals surface area contributed by atoms with Gasteiger partial charge >= 0.3 is 12.4 Å². The molecule has 1 N–H and O–H groups in total. The average molecular weight is 330 g/mol. The van der Waals surface area contributed by atoms with Gasteiger partial charge in [-0.2, -0.15) is 31.6 Å². The Balaban J connectivity index is 0.000000461. The molecule has 0 aliphatic heterocycles. The summed E-state index contributed by atoms with van der Waals surface area (Å²) in [7, 11) is 0. The Morgan fingerprint density at radius 1 is 1.18 bits per heavy atom. The Kier molecular flexibility index (Phi) is 6.79. The molecule has 124 valence electrons. The topological polar surface area (TPSA) is 66.1 Å². The van der Waals surface area contributed by atoms with Crippen LogP contribution in [0, 0.1) is 11.3 Å². The third-order valence-electron chi connectivity index (χ3n) is 2.20. The van der Waals surface area contributed by atoms with E-state index in [2.05, 4.69) is 9.72 Å². The number of halogens is 6. The highest BCUT2D eigenvalue weighted by Gasteiger charge is 2.55. The SMILES string of the molecule is CC(OC(C)(O)C(F)(F)F)C(F)(F)F.N#Cc1ccncc1. The molecule has 2 unspecified atom stereocenters. The van der Waals surface area contributed by atoms with Crippen LogP contribution in [0.15, 0.2) is 24.5 Å². The minimum atomic E-state index is -5.27. The van der Waals surface area contributed by atoms with E-state index in [0.29, 0.717) is 12.5 Å². The van der Waals surface area contributed by atoms with Gasteiger partial charge in [0.05, 0.1) is 11.6 Å². The Hall–Kier alpha value is -1.86. The van der Waals surface area contributed by atoms with Crippen LogP contribution in [0.3, 0.4) is 0 Å². The van der Waals surface area contributed by atoms with E-state index in [0.717, 1.165) is 0 Å². The molecule has 22 heavy (non-hydrogen) atoms. The minimum absolute atomic E-state index is 0.106. The van der Waals surface area contributed by atoms with E-state index < -0.39 is 24.2 Å². The predicted molar refractivity (Wildman–Crippen MR) is 62.2 cm³/mol. The average Bonchev–Trinajstić information content (AvgIpc) is 2.37. The van der Waals surface area contributed by atoms with E-state index in [1.165, 1.54) is 0 Å². The summed E-state index contributed by atoms with van der Waals surface area (Å²) < 4.78 is 74.3. The molecule has 1 aromatic rings. The molecule has 0 spiro atoms. The monoisotopic (exact) mass is 330 g/mol. The summed E-state index contributed by atoms with van der Waals surface area (Å²) in [6.45, 7) is 0.482. The lowest BCUT2D eigenvalue weighted by Crippen LogP contribution is -2.49. The van der Waals surface area contributed by atoms with Gasteiger partial charge in [0.1, 0.15) is 0 Å². The van der Waals surface area contributed by atoms with Gasteiger partial charge in [-0.15, -0.1) is 0 Å². The van der Waals surface area contributed by atoms with Gasteiger partial charge in [-0.25, -0.2) is 0 Å². The van der Waals surface area contributed by atoms with Crippen molar-refractivity contribution in [2.45, 2.75) is 38.1 Å². The Bertz CT molecular complexity index is 493. The van der Waals surface area contributed by atoms with Gasteiger partial charge < -0.3 is 9.84 Å². The highest BCUT2D eigenvalue weighted by atomic mass is 19.4. The van der Waals surface area contributed by atoms with Gasteiger partial charge in [0.15, 0.2) is 6.10 Å². The Morgan fingerprint density at radius 3 is 1.91 bits per heavy atom. The number of ether oxygens (including phenoxy) is 1. The summed E-state index contributed by atoms with van der Waals surface area (Å²) in [5.41, 5.74) is 0.653. The van der Waals surface area contributed by atoms with Crippen molar-refractivity contribution in [3.63, 3.8) is 0 Å². The van der Waals surface area contributed by atoms with Crippen molar-refractivity contribution in [1.29, 1.82) is 5.26 Å². The number of nitrogens with zero attached hydrogens (tertiary/aromatic N) is 2. The van der Waals surface area contributed by atoms with Gasteiger partial charge in [-0.3, -0.25) is 4.98 Å². The number of rotatable bonds is 2. The molecule has 1 rings (SSSR count). The molecule has 0 bridgehead atoms. The van der Waals surface area contributed by atoms with E-state index in [9.17, 15) is 26.3 Å². The maximum absolute atomic E-state index is 11.8. The van der Waals surface area contributed by atoms with Crippen LogP contribution in [-0.4, -0.2) is 34.3 Å². The molecular formula is C12H12F6N2O2. The lowest BCUT2D eigenvalue weighted by atomic mass is 10.3. The predicted octanol–water partition coefficient (Wildman–Crippen LogP) is 3.18. The van der Waals surface area contributed by atoms with E-state index in [1.807, 2.05) is 6.07 Å². The molecule has 0 saturated heterocycles. The number of pyridine rings is 1. The van der Waals surface area contributed by atoms with Gasteiger partial charge in [0.2, 0.25) is 0 Å². The third-order valence-corrected chi connectivity index (χ3v) is 2.20. The molecular weight excluding hydrogens is 318 g/mol. The summed E-state index contributed by atoms with van der Waals surface area (Å²) in [5.74, 6) is -3.80. The van der Waals surface area contributed by atoms with Gasteiger partial charge in [-0.05, 0) is 26.0 Å². The molecule has 0 saturated carbocycles. The van der Waals surface area contributed by atoms with Crippen LogP contribution in [0.25, 0.3) is 0 Å². The summed E-state index contributed by atoms with van der Waals surface area (Å²) in [4.78, 5) is 3.74. The largest absolute Gasteiger partial charge is 0.442 e. The summed E-state index contributed by atoms with van der Waals surface area (Å²) >= 11 is 0. The first-order valence-electron chi connectivity index (χ1n) is 5.65. The highest BCUT2D eigenvalue weighted by Crippen LogP contribution is 2.35. The molecule has 0 aliphatic carbocycles. The van der Waals surface area contributed by atoms with Crippen LogP contribution in [0.4, 0.5) is 26.3 Å². The van der Waals surface area contributed by atoms with Crippen molar-refractivity contribution < 1.29 is 36.2 Å². The zero-order valence-corrected chi connectivity index (χ0v) is 11.4. The molecule has 2 atom stereocenters. The quantitative estimate of drug-likeness (QED) is 0.668. The number of nitriles is 1. The fourth-order valence-electron chi connectivity index (χ4n) is 0.904. The van der Waals surface area contributed by atoms with Gasteiger partial charge in [-0.1, -0.05) is 0 Å². The summed E-state index contributed by atoms with van der Waals surface area (Å²) in [6.07, 6.45) is -9.72. The van der Waals surface area contributed by atoms with Crippen molar-refractivity contribution in [1.82, 2.24) is 4.98 Å². The van der Waals surface area contributed by atoms with Crippen molar-refractivity contribution in [3.05, 3.63) is 30.1 Å². The van der Waals surface area contributed by atoms with Gasteiger partial charge in [0.25, 0.3) is 5.79 Å². The molecule has 4 nitrogen and oxygen atoms in total. The molecule has 0 amide bonds. The molecule has 0 aromatic carbocycles. The van der Waals surface area contributed by atoms with Crippen LogP contribution in [-0.2, 0) is 4.74 Å². The molecule has 0 aliphatic rings. The second-order valence-corrected chi connectivity index (χ2v) is 4.13. The lowest BCUT2D eigenvalue weighted by molar-refractivity contribution is -0.389. The van der Waals surface area contributed by atoms with Crippen LogP contribution in [0.5, 0.6) is 0 Å². The molecule has 10 heteroatoms. The van der Waals surface area contributed by atoms with E-state index in [1.54, 1.807) is 24.5 Å². The number of alkyl halides is 6. The first kappa shape index (κ1) is 20.1. The van der Waals surface area contributed by atoms with Crippen LogP contribution in [0.2, 0.25) is 0 Å². The standard InChI is InChI=1S/C6H8F6O2.C6H4N2/c1-3(5(7,8)9)14-4(2,13)6(10,11)12;7-5-6-1-3-8-4-2-6/h3,13H,1-2H3;1-4H.